The molecule has 0 N–H and O–H groups in total. The van der Waals surface area contributed by atoms with Gasteiger partial charge in [0.1, 0.15) is 5.82 Å². The van der Waals surface area contributed by atoms with Gasteiger partial charge in [0.15, 0.2) is 5.65 Å². The Kier molecular flexibility index (Phi) is 8.09. The van der Waals surface area contributed by atoms with E-state index in [2.05, 4.69) is 10.1 Å². The van der Waals surface area contributed by atoms with E-state index in [0.717, 1.165) is 21.5 Å². The van der Waals surface area contributed by atoms with Crippen LogP contribution in [-0.4, -0.2) is 53.9 Å². The predicted octanol–water partition coefficient (Wildman–Crippen LogP) is 6.18. The van der Waals surface area contributed by atoms with E-state index >= 15 is 0 Å². The lowest BCUT2D eigenvalue weighted by Gasteiger charge is -2.32. The zero-order valence-corrected chi connectivity index (χ0v) is 25.0. The Bertz CT molecular complexity index is 1850. The molecule has 0 fully saturated rings. The monoisotopic (exact) mass is 645 g/mol. The lowest BCUT2D eigenvalue weighted by molar-refractivity contribution is -0.143. The van der Waals surface area contributed by atoms with Gasteiger partial charge in [-0.05, 0) is 67.8 Å². The van der Waals surface area contributed by atoms with Gasteiger partial charge in [-0.3, -0.25) is 4.79 Å². The van der Waals surface area contributed by atoms with Crippen molar-refractivity contribution in [3.05, 3.63) is 76.9 Å². The molecule has 0 unspecified atom stereocenters. The fraction of sp³-hybridized carbons (Fsp3) is 0.321. The van der Waals surface area contributed by atoms with E-state index in [-0.39, 0.29) is 28.4 Å². The first-order valence-electron chi connectivity index (χ1n) is 12.7. The van der Waals surface area contributed by atoms with Crippen molar-refractivity contribution in [2.24, 2.45) is 0 Å². The summed E-state index contributed by atoms with van der Waals surface area (Å²) in [5.41, 5.74) is -4.89. The first-order chi connectivity index (χ1) is 20.1. The van der Waals surface area contributed by atoms with Crippen molar-refractivity contribution in [2.45, 2.75) is 38.5 Å². The molecule has 2 heterocycles. The summed E-state index contributed by atoms with van der Waals surface area (Å²) >= 11 is 0. The Morgan fingerprint density at radius 3 is 1.91 bits per heavy atom. The molecule has 0 radical (unpaired) electrons. The number of carbonyl (C=O) groups is 1. The summed E-state index contributed by atoms with van der Waals surface area (Å²) < 4.78 is 123. The Morgan fingerprint density at radius 2 is 1.41 bits per heavy atom. The minimum absolute atomic E-state index is 0.00936. The highest BCUT2D eigenvalue weighted by atomic mass is 32.2. The molecule has 0 saturated heterocycles. The van der Waals surface area contributed by atoms with Crippen molar-refractivity contribution in [3.63, 3.8) is 0 Å². The molecular formula is C28H26F7N5O3S. The van der Waals surface area contributed by atoms with Gasteiger partial charge in [-0.25, -0.2) is 9.37 Å². The number of alkyl halides is 6. The molecule has 2 aromatic carbocycles. The Balaban J connectivity index is 1.96. The van der Waals surface area contributed by atoms with Gasteiger partial charge in [0.2, 0.25) is 5.91 Å². The van der Waals surface area contributed by atoms with Gasteiger partial charge in [-0.1, -0.05) is 6.07 Å². The van der Waals surface area contributed by atoms with E-state index in [0.29, 0.717) is 27.3 Å². The molecule has 4 rings (SSSR count). The van der Waals surface area contributed by atoms with Gasteiger partial charge in [0.05, 0.1) is 40.0 Å². The number of nitrogens with zero attached hydrogens (tertiary/aromatic N) is 5. The average Bonchev–Trinajstić information content (AvgIpc) is 3.36. The lowest BCUT2D eigenvalue weighted by Crippen LogP contribution is -2.42. The van der Waals surface area contributed by atoms with E-state index < -0.39 is 56.4 Å². The molecule has 0 saturated carbocycles. The second-order valence-corrected chi connectivity index (χ2v) is 12.7. The maximum absolute atomic E-state index is 14.1. The number of hydrogen-bond acceptors (Lipinski definition) is 5. The summed E-state index contributed by atoms with van der Waals surface area (Å²) in [7, 11) is -0.375. The zero-order chi connectivity index (χ0) is 33.2. The number of aryl methyl sites for hydroxylation is 1. The Hall–Kier alpha value is -4.05. The van der Waals surface area contributed by atoms with Gasteiger partial charge >= 0.3 is 22.6 Å². The van der Waals surface area contributed by atoms with Gasteiger partial charge in [0.25, 0.3) is 0 Å². The molecule has 0 bridgehead atoms. The number of amides is 1. The summed E-state index contributed by atoms with van der Waals surface area (Å²) in [5, 5.41) is 4.09. The maximum Gasteiger partial charge on any atom is 0.416 e. The standard InChI is InChI=1S/C28H26F7N5O3S/c1-15-9-19(29)7-8-20(15)23-21-13-37-40(44(42,43)38(4)5)24(21)36-14-22(23)39(6)25(41)26(2,3)16-10-17(27(30,31)32)12-18(11-16)28(33,34)35/h7-14H,1-6H3. The number of hydrogen-bond donors (Lipinski definition) is 0. The first kappa shape index (κ1) is 32.9. The fourth-order valence-electron chi connectivity index (χ4n) is 4.68. The minimum Gasteiger partial charge on any atom is -0.313 e. The summed E-state index contributed by atoms with van der Waals surface area (Å²) in [4.78, 5) is 19.2. The van der Waals surface area contributed by atoms with Gasteiger partial charge in [-0.15, -0.1) is 4.09 Å². The maximum atomic E-state index is 14.1. The topological polar surface area (TPSA) is 88.4 Å². The highest BCUT2D eigenvalue weighted by molar-refractivity contribution is 7.87. The zero-order valence-electron chi connectivity index (χ0n) is 24.1. The number of aromatic nitrogens is 3. The lowest BCUT2D eigenvalue weighted by atomic mass is 9.81. The van der Waals surface area contributed by atoms with Gasteiger partial charge < -0.3 is 4.90 Å². The summed E-state index contributed by atoms with van der Waals surface area (Å²) in [6.07, 6.45) is -7.95. The molecular weight excluding hydrogens is 619 g/mol. The largest absolute Gasteiger partial charge is 0.416 e. The number of pyridine rings is 1. The summed E-state index contributed by atoms with van der Waals surface area (Å²) in [6.45, 7) is 3.92. The van der Waals surface area contributed by atoms with Crippen LogP contribution in [0.1, 0.15) is 36.1 Å². The van der Waals surface area contributed by atoms with Crippen LogP contribution in [-0.2, 0) is 32.8 Å². The first-order valence-corrected chi connectivity index (χ1v) is 14.1. The number of fused-ring (bicyclic) bond motifs is 1. The average molecular weight is 646 g/mol. The van der Waals surface area contributed by atoms with E-state index in [9.17, 15) is 43.9 Å². The summed E-state index contributed by atoms with van der Waals surface area (Å²) in [5.74, 6) is -1.50. The van der Waals surface area contributed by atoms with Crippen LogP contribution in [0.3, 0.4) is 0 Å². The molecule has 2 aromatic heterocycles. The molecule has 4 aromatic rings. The van der Waals surface area contributed by atoms with Crippen molar-refractivity contribution in [1.82, 2.24) is 18.5 Å². The molecule has 236 valence electrons. The molecule has 44 heavy (non-hydrogen) atoms. The quantitative estimate of drug-likeness (QED) is 0.234. The third-order valence-corrected chi connectivity index (χ3v) is 8.82. The van der Waals surface area contributed by atoms with Crippen LogP contribution in [0.4, 0.5) is 36.4 Å². The summed E-state index contributed by atoms with van der Waals surface area (Å²) in [6, 6.07) is 4.66. The number of benzene rings is 2. The van der Waals surface area contributed by atoms with Crippen LogP contribution >= 0.6 is 0 Å². The molecule has 0 atom stereocenters. The molecule has 1 amide bonds. The minimum atomic E-state index is -5.13. The normalized spacial score (nSPS) is 13.1. The van der Waals surface area contributed by atoms with Crippen molar-refractivity contribution in [1.29, 1.82) is 0 Å². The molecule has 0 aliphatic rings. The SMILES string of the molecule is Cc1cc(F)ccc1-c1c(N(C)C(=O)C(C)(C)c2cc(C(F)(F)F)cc(C(F)(F)F)c2)cnc2c1cnn2S(=O)(=O)N(C)C. The fourth-order valence-corrected chi connectivity index (χ4v) is 5.52. The van der Waals surface area contributed by atoms with Crippen LogP contribution in [0.2, 0.25) is 0 Å². The number of rotatable bonds is 6. The number of anilines is 1. The van der Waals surface area contributed by atoms with E-state index in [1.807, 2.05) is 0 Å². The highest BCUT2D eigenvalue weighted by Gasteiger charge is 2.41. The Labute approximate surface area is 247 Å². The second-order valence-electron chi connectivity index (χ2n) is 10.8. The third kappa shape index (κ3) is 5.75. The molecule has 0 aliphatic heterocycles. The van der Waals surface area contributed by atoms with Gasteiger partial charge in [-0.2, -0.15) is 44.2 Å². The molecule has 8 nitrogen and oxygen atoms in total. The molecule has 0 aliphatic carbocycles. The Morgan fingerprint density at radius 1 is 0.864 bits per heavy atom. The van der Waals surface area contributed by atoms with Crippen molar-refractivity contribution >= 4 is 32.8 Å². The second kappa shape index (κ2) is 10.8. The van der Waals surface area contributed by atoms with Crippen LogP contribution in [0, 0.1) is 12.7 Å². The van der Waals surface area contributed by atoms with Crippen molar-refractivity contribution in [2.75, 3.05) is 26.0 Å². The van der Waals surface area contributed by atoms with Gasteiger partial charge in [0, 0.05) is 26.7 Å². The molecule has 16 heteroatoms. The number of carbonyl (C=O) groups excluding carboxylic acids is 1. The van der Waals surface area contributed by atoms with Crippen molar-refractivity contribution in [3.8, 4) is 11.1 Å². The van der Waals surface area contributed by atoms with Crippen LogP contribution in [0.15, 0.2) is 48.8 Å². The van der Waals surface area contributed by atoms with E-state index in [1.54, 1.807) is 6.92 Å². The van der Waals surface area contributed by atoms with E-state index in [4.69, 9.17) is 0 Å². The van der Waals surface area contributed by atoms with Crippen LogP contribution in [0.25, 0.3) is 22.2 Å². The smallest absolute Gasteiger partial charge is 0.313 e. The molecule has 0 spiro atoms. The number of likely N-dealkylation sites (N-methyl/N-ethyl adjacent to an activating group) is 1. The number of halogens is 7. The van der Waals surface area contributed by atoms with Crippen molar-refractivity contribution < 1.29 is 43.9 Å². The van der Waals surface area contributed by atoms with Crippen LogP contribution < -0.4 is 4.90 Å². The predicted molar refractivity (Wildman–Crippen MR) is 149 cm³/mol. The highest BCUT2D eigenvalue weighted by Crippen LogP contribution is 2.42. The van der Waals surface area contributed by atoms with E-state index in [1.165, 1.54) is 53.3 Å². The third-order valence-electron chi connectivity index (χ3n) is 7.20. The van der Waals surface area contributed by atoms with Crippen LogP contribution in [0.5, 0.6) is 0 Å².